The SMILES string of the molecule is CC/C=C\C/C=C\C/C=C\C/C=C\CCCCC(=O)O[C@H](COC(=O)CCCCCCCCCCCC)COC(=O)CCCCCCCCCCCCCCCCCCCC. The highest BCUT2D eigenvalue weighted by Crippen LogP contribution is 2.16. The molecule has 0 radical (unpaired) electrons. The van der Waals surface area contributed by atoms with Crippen LogP contribution in [0.4, 0.5) is 0 Å². The van der Waals surface area contributed by atoms with Gasteiger partial charge in [-0.15, -0.1) is 0 Å². The van der Waals surface area contributed by atoms with E-state index < -0.39 is 6.10 Å². The average Bonchev–Trinajstić information content (AvgIpc) is 3.26. The van der Waals surface area contributed by atoms with Crippen molar-refractivity contribution in [2.45, 2.75) is 271 Å². The summed E-state index contributed by atoms with van der Waals surface area (Å²) in [5.41, 5.74) is 0. The van der Waals surface area contributed by atoms with Gasteiger partial charge in [-0.25, -0.2) is 0 Å². The van der Waals surface area contributed by atoms with Gasteiger partial charge >= 0.3 is 17.9 Å². The van der Waals surface area contributed by atoms with E-state index in [1.165, 1.54) is 141 Å². The Morgan fingerprint density at radius 2 is 0.639 bits per heavy atom. The molecule has 0 saturated heterocycles. The highest BCUT2D eigenvalue weighted by molar-refractivity contribution is 5.71. The van der Waals surface area contributed by atoms with Gasteiger partial charge in [-0.2, -0.15) is 0 Å². The van der Waals surface area contributed by atoms with Crippen LogP contribution in [-0.4, -0.2) is 37.2 Å². The smallest absolute Gasteiger partial charge is 0.306 e. The topological polar surface area (TPSA) is 78.9 Å². The van der Waals surface area contributed by atoms with E-state index >= 15 is 0 Å². The van der Waals surface area contributed by atoms with E-state index in [9.17, 15) is 14.4 Å². The maximum absolute atomic E-state index is 12.8. The van der Waals surface area contributed by atoms with Crippen molar-refractivity contribution in [1.29, 1.82) is 0 Å². The molecule has 0 saturated carbocycles. The molecule has 6 heteroatoms. The van der Waals surface area contributed by atoms with Crippen molar-refractivity contribution in [1.82, 2.24) is 0 Å². The average molecular weight is 855 g/mol. The molecule has 0 bridgehead atoms. The van der Waals surface area contributed by atoms with Crippen LogP contribution in [0.25, 0.3) is 0 Å². The number of rotatable bonds is 47. The van der Waals surface area contributed by atoms with Crippen LogP contribution in [0.5, 0.6) is 0 Å². The van der Waals surface area contributed by atoms with Crippen LogP contribution < -0.4 is 0 Å². The minimum Gasteiger partial charge on any atom is -0.462 e. The second-order valence-corrected chi connectivity index (χ2v) is 17.4. The van der Waals surface area contributed by atoms with E-state index in [4.69, 9.17) is 14.2 Å². The molecule has 0 amide bonds. The van der Waals surface area contributed by atoms with Crippen LogP contribution in [0.1, 0.15) is 265 Å². The summed E-state index contributed by atoms with van der Waals surface area (Å²) in [6.45, 7) is 6.50. The molecule has 1 atom stereocenters. The molecule has 0 aliphatic rings. The molecule has 0 aromatic heterocycles. The number of carbonyl (C=O) groups is 3. The van der Waals surface area contributed by atoms with E-state index in [1.54, 1.807) is 0 Å². The van der Waals surface area contributed by atoms with Crippen LogP contribution >= 0.6 is 0 Å². The van der Waals surface area contributed by atoms with Crippen molar-refractivity contribution < 1.29 is 28.6 Å². The number of hydrogen-bond donors (Lipinski definition) is 0. The maximum Gasteiger partial charge on any atom is 0.306 e. The van der Waals surface area contributed by atoms with Crippen molar-refractivity contribution in [2.75, 3.05) is 13.2 Å². The summed E-state index contributed by atoms with van der Waals surface area (Å²) >= 11 is 0. The minimum atomic E-state index is -0.789. The van der Waals surface area contributed by atoms with Crippen molar-refractivity contribution >= 4 is 17.9 Å². The molecule has 0 aromatic carbocycles. The van der Waals surface area contributed by atoms with Gasteiger partial charge in [-0.05, 0) is 57.8 Å². The summed E-state index contributed by atoms with van der Waals surface area (Å²) in [4.78, 5) is 37.9. The van der Waals surface area contributed by atoms with Gasteiger partial charge in [0.25, 0.3) is 0 Å². The molecule has 0 fully saturated rings. The summed E-state index contributed by atoms with van der Waals surface area (Å²) < 4.78 is 16.8. The normalized spacial score (nSPS) is 12.4. The Morgan fingerprint density at radius 3 is 1.00 bits per heavy atom. The number of unbranched alkanes of at least 4 members (excludes halogenated alkanes) is 28. The molecule has 0 aliphatic carbocycles. The fourth-order valence-electron chi connectivity index (χ4n) is 7.43. The van der Waals surface area contributed by atoms with Crippen molar-refractivity contribution in [3.63, 3.8) is 0 Å². The van der Waals surface area contributed by atoms with Gasteiger partial charge in [0.1, 0.15) is 13.2 Å². The standard InChI is InChI=1S/C55H98O6/c1-4-7-10-13-16-19-22-24-26-27-28-30-31-33-36-39-42-45-48-54(57)60-51-52(50-59-53(56)47-44-41-38-35-21-18-15-12-9-6-3)61-55(58)49-46-43-40-37-34-32-29-25-23-20-17-14-11-8-5-2/h8,11,17,20,25,29,34,37,52H,4-7,9-10,12-16,18-19,21-24,26-28,30-33,35-36,38-51H2,1-3H3/b11-8-,20-17-,29-25-,37-34-/t52-/m1/s1. The molecule has 0 unspecified atom stereocenters. The van der Waals surface area contributed by atoms with Gasteiger partial charge < -0.3 is 14.2 Å². The van der Waals surface area contributed by atoms with Gasteiger partial charge in [0.15, 0.2) is 6.10 Å². The molecule has 0 aromatic rings. The monoisotopic (exact) mass is 855 g/mol. The molecule has 0 N–H and O–H groups in total. The molecule has 6 nitrogen and oxygen atoms in total. The largest absolute Gasteiger partial charge is 0.462 e. The van der Waals surface area contributed by atoms with Gasteiger partial charge in [-0.3, -0.25) is 14.4 Å². The fraction of sp³-hybridized carbons (Fsp3) is 0.800. The summed E-state index contributed by atoms with van der Waals surface area (Å²) in [5.74, 6) is -0.920. The molecule has 0 heterocycles. The van der Waals surface area contributed by atoms with Crippen LogP contribution in [0.15, 0.2) is 48.6 Å². The van der Waals surface area contributed by atoms with Gasteiger partial charge in [-0.1, -0.05) is 236 Å². The van der Waals surface area contributed by atoms with Crippen LogP contribution in [0.3, 0.4) is 0 Å². The quantitative estimate of drug-likeness (QED) is 0.0263. The predicted molar refractivity (Wildman–Crippen MR) is 261 cm³/mol. The van der Waals surface area contributed by atoms with Gasteiger partial charge in [0.2, 0.25) is 0 Å². The predicted octanol–water partition coefficient (Wildman–Crippen LogP) is 17.1. The second kappa shape index (κ2) is 50.0. The van der Waals surface area contributed by atoms with E-state index in [2.05, 4.69) is 69.4 Å². The molecule has 0 aliphatic heterocycles. The Morgan fingerprint density at radius 1 is 0.344 bits per heavy atom. The second-order valence-electron chi connectivity index (χ2n) is 17.4. The highest BCUT2D eigenvalue weighted by Gasteiger charge is 2.19. The number of ether oxygens (including phenoxy) is 3. The summed E-state index contributed by atoms with van der Waals surface area (Å²) in [7, 11) is 0. The first-order valence-corrected chi connectivity index (χ1v) is 26.1. The third-order valence-electron chi connectivity index (χ3n) is 11.3. The van der Waals surface area contributed by atoms with Crippen LogP contribution in [0.2, 0.25) is 0 Å². The number of allylic oxidation sites excluding steroid dienone is 8. The van der Waals surface area contributed by atoms with E-state index in [1.807, 2.05) is 0 Å². The van der Waals surface area contributed by atoms with Crippen LogP contribution in [-0.2, 0) is 28.6 Å². The first-order chi connectivity index (χ1) is 30.0. The van der Waals surface area contributed by atoms with E-state index in [-0.39, 0.29) is 37.5 Å². The third kappa shape index (κ3) is 48.3. The lowest BCUT2D eigenvalue weighted by atomic mass is 10.0. The molecule has 0 spiro atoms. The summed E-state index contributed by atoms with van der Waals surface area (Å²) in [5, 5.41) is 0. The Hall–Kier alpha value is -2.63. The van der Waals surface area contributed by atoms with Gasteiger partial charge in [0, 0.05) is 19.3 Å². The summed E-state index contributed by atoms with van der Waals surface area (Å²) in [6, 6.07) is 0. The first kappa shape index (κ1) is 58.4. The highest BCUT2D eigenvalue weighted by atomic mass is 16.6. The lowest BCUT2D eigenvalue weighted by Gasteiger charge is -2.18. The Kier molecular flexibility index (Phi) is 47.9. The molecular formula is C55H98O6. The Labute approximate surface area is 378 Å². The lowest BCUT2D eigenvalue weighted by Crippen LogP contribution is -2.30. The van der Waals surface area contributed by atoms with Crippen molar-refractivity contribution in [3.05, 3.63) is 48.6 Å². The molecule has 354 valence electrons. The zero-order valence-corrected chi connectivity index (χ0v) is 40.4. The maximum atomic E-state index is 12.8. The molecule has 61 heavy (non-hydrogen) atoms. The minimum absolute atomic E-state index is 0.0862. The Balaban J connectivity index is 4.35. The van der Waals surface area contributed by atoms with Crippen molar-refractivity contribution in [3.8, 4) is 0 Å². The Bertz CT molecular complexity index is 1070. The number of carbonyl (C=O) groups excluding carboxylic acids is 3. The molecule has 0 rings (SSSR count). The fourth-order valence-corrected chi connectivity index (χ4v) is 7.43. The third-order valence-corrected chi connectivity index (χ3v) is 11.3. The van der Waals surface area contributed by atoms with Gasteiger partial charge in [0.05, 0.1) is 0 Å². The summed E-state index contributed by atoms with van der Waals surface area (Å²) in [6.07, 6.45) is 59.6. The molecular weight excluding hydrogens is 757 g/mol. The van der Waals surface area contributed by atoms with Crippen LogP contribution in [0, 0.1) is 0 Å². The van der Waals surface area contributed by atoms with Crippen molar-refractivity contribution in [2.24, 2.45) is 0 Å². The number of hydrogen-bond acceptors (Lipinski definition) is 6. The zero-order chi connectivity index (χ0) is 44.4. The zero-order valence-electron chi connectivity index (χ0n) is 40.4. The first-order valence-electron chi connectivity index (χ1n) is 26.1. The van der Waals surface area contributed by atoms with E-state index in [0.717, 1.165) is 77.0 Å². The number of esters is 3. The lowest BCUT2D eigenvalue weighted by molar-refractivity contribution is -0.167. The van der Waals surface area contributed by atoms with E-state index in [0.29, 0.717) is 19.3 Å².